The summed E-state index contributed by atoms with van der Waals surface area (Å²) >= 11 is 0. The summed E-state index contributed by atoms with van der Waals surface area (Å²) in [5.41, 5.74) is 0.615. The molecule has 1 aliphatic carbocycles. The molecule has 1 aromatic carbocycles. The third kappa shape index (κ3) is 8.09. The molecular formula is C36H49N5O8. The number of carbonyl (C=O) groups is 4. The summed E-state index contributed by atoms with van der Waals surface area (Å²) in [4.78, 5) is 64.4. The third-order valence-electron chi connectivity index (χ3n) is 8.90. The number of amides is 4. The Labute approximate surface area is 288 Å². The zero-order valence-electron chi connectivity index (χ0n) is 29.8. The number of ether oxygens (including phenoxy) is 4. The van der Waals surface area contributed by atoms with Crippen molar-refractivity contribution in [3.63, 3.8) is 0 Å². The van der Waals surface area contributed by atoms with Crippen molar-refractivity contribution in [1.82, 2.24) is 9.88 Å². The van der Waals surface area contributed by atoms with Crippen molar-refractivity contribution in [1.29, 1.82) is 0 Å². The molecule has 2 fully saturated rings. The van der Waals surface area contributed by atoms with Gasteiger partial charge in [0.1, 0.15) is 17.0 Å². The average molecular weight is 680 g/mol. The van der Waals surface area contributed by atoms with Crippen LogP contribution in [0.2, 0.25) is 0 Å². The second-order valence-corrected chi connectivity index (χ2v) is 14.5. The van der Waals surface area contributed by atoms with Crippen molar-refractivity contribution < 1.29 is 38.1 Å². The molecule has 1 saturated carbocycles. The maximum absolute atomic E-state index is 14.6. The summed E-state index contributed by atoms with van der Waals surface area (Å²) in [5, 5.41) is 2.94. The number of carbonyl (C=O) groups excluding carboxylic acids is 4. The highest BCUT2D eigenvalue weighted by Gasteiger charge is 2.45. The monoisotopic (exact) mass is 679 g/mol. The van der Waals surface area contributed by atoms with Gasteiger partial charge in [-0.25, -0.2) is 9.78 Å². The van der Waals surface area contributed by atoms with Gasteiger partial charge in [0.15, 0.2) is 5.60 Å². The molecule has 0 spiro atoms. The second kappa shape index (κ2) is 14.2. The number of pyridine rings is 1. The predicted molar refractivity (Wildman–Crippen MR) is 184 cm³/mol. The lowest BCUT2D eigenvalue weighted by atomic mass is 9.87. The molecule has 1 saturated heterocycles. The zero-order chi connectivity index (χ0) is 35.7. The number of likely N-dealkylation sites (tertiary alicyclic amines) is 1. The van der Waals surface area contributed by atoms with Crippen LogP contribution >= 0.6 is 0 Å². The van der Waals surface area contributed by atoms with E-state index in [1.54, 1.807) is 69.9 Å². The Hall–Kier alpha value is -4.39. The van der Waals surface area contributed by atoms with Gasteiger partial charge in [-0.3, -0.25) is 14.4 Å². The van der Waals surface area contributed by atoms with Gasteiger partial charge in [0.25, 0.3) is 5.91 Å². The van der Waals surface area contributed by atoms with Gasteiger partial charge in [-0.15, -0.1) is 0 Å². The van der Waals surface area contributed by atoms with Crippen molar-refractivity contribution in [2.75, 3.05) is 55.6 Å². The van der Waals surface area contributed by atoms with Gasteiger partial charge in [-0.2, -0.15) is 0 Å². The summed E-state index contributed by atoms with van der Waals surface area (Å²) in [7, 11) is 3.10. The Morgan fingerprint density at radius 3 is 2.47 bits per heavy atom. The van der Waals surface area contributed by atoms with Crippen LogP contribution < -0.4 is 24.6 Å². The Morgan fingerprint density at radius 1 is 1.10 bits per heavy atom. The molecule has 1 aromatic heterocycles. The molecule has 2 atom stereocenters. The van der Waals surface area contributed by atoms with Crippen LogP contribution in [0.3, 0.4) is 0 Å². The molecule has 0 radical (unpaired) electrons. The van der Waals surface area contributed by atoms with E-state index >= 15 is 0 Å². The van der Waals surface area contributed by atoms with Gasteiger partial charge in [0, 0.05) is 51.3 Å². The number of aryl methyl sites for hydroxylation is 1. The van der Waals surface area contributed by atoms with Crippen molar-refractivity contribution in [2.24, 2.45) is 11.8 Å². The molecule has 3 aliphatic rings. The summed E-state index contributed by atoms with van der Waals surface area (Å²) in [6, 6.07) is 7.20. The first-order chi connectivity index (χ1) is 23.1. The summed E-state index contributed by atoms with van der Waals surface area (Å²) < 4.78 is 22.4. The number of hydrogen-bond acceptors (Lipinski definition) is 9. The normalized spacial score (nSPS) is 20.2. The molecule has 0 bridgehead atoms. The van der Waals surface area contributed by atoms with Crippen LogP contribution in [0.5, 0.6) is 11.6 Å². The van der Waals surface area contributed by atoms with E-state index < -0.39 is 29.1 Å². The average Bonchev–Trinajstić information content (AvgIpc) is 3.88. The van der Waals surface area contributed by atoms with Crippen LogP contribution in [0, 0.1) is 18.8 Å². The Balaban J connectivity index is 1.45. The number of nitrogens with one attached hydrogen (secondary N) is 1. The van der Waals surface area contributed by atoms with Crippen LogP contribution in [0.4, 0.5) is 21.9 Å². The van der Waals surface area contributed by atoms with Gasteiger partial charge in [0.2, 0.25) is 17.7 Å². The molecule has 5 rings (SSSR count). The fourth-order valence-electron chi connectivity index (χ4n) is 6.35. The van der Waals surface area contributed by atoms with E-state index in [1.165, 1.54) is 12.0 Å². The number of fused-ring (bicyclic) bond motifs is 1. The van der Waals surface area contributed by atoms with Gasteiger partial charge in [-0.05, 0) is 97.1 Å². The Kier molecular flexibility index (Phi) is 10.4. The van der Waals surface area contributed by atoms with Crippen LogP contribution in [-0.4, -0.2) is 91.4 Å². The fraction of sp³-hybridized carbons (Fsp3) is 0.583. The number of methoxy groups -OCH3 is 2. The van der Waals surface area contributed by atoms with Crippen LogP contribution in [0.25, 0.3) is 0 Å². The minimum absolute atomic E-state index is 0.0457. The van der Waals surface area contributed by atoms with E-state index in [2.05, 4.69) is 10.3 Å². The molecule has 266 valence electrons. The van der Waals surface area contributed by atoms with Gasteiger partial charge >= 0.3 is 6.09 Å². The van der Waals surface area contributed by atoms with Crippen molar-refractivity contribution in [3.05, 3.63) is 36.0 Å². The molecule has 3 heterocycles. The topological polar surface area (TPSA) is 140 Å². The van der Waals surface area contributed by atoms with E-state index in [9.17, 15) is 19.2 Å². The molecule has 49 heavy (non-hydrogen) atoms. The van der Waals surface area contributed by atoms with E-state index in [1.807, 2.05) is 19.1 Å². The zero-order valence-corrected chi connectivity index (χ0v) is 29.8. The second-order valence-electron chi connectivity index (χ2n) is 14.5. The fourth-order valence-corrected chi connectivity index (χ4v) is 6.35. The molecule has 4 amide bonds. The van der Waals surface area contributed by atoms with Crippen molar-refractivity contribution in [3.8, 4) is 11.6 Å². The molecule has 0 unspecified atom stereocenters. The smallest absolute Gasteiger partial charge is 0.410 e. The summed E-state index contributed by atoms with van der Waals surface area (Å²) in [6.45, 7) is 11.8. The third-order valence-corrected chi connectivity index (χ3v) is 8.90. The van der Waals surface area contributed by atoms with Crippen molar-refractivity contribution >= 4 is 40.9 Å². The lowest BCUT2D eigenvalue weighted by Crippen LogP contribution is -2.53. The lowest BCUT2D eigenvalue weighted by molar-refractivity contribution is -0.132. The molecule has 13 nitrogen and oxygen atoms in total. The first-order valence-corrected chi connectivity index (χ1v) is 16.9. The summed E-state index contributed by atoms with van der Waals surface area (Å²) in [5.74, 6) is -1.30. The number of benzene rings is 1. The van der Waals surface area contributed by atoms with Crippen LogP contribution in [0.15, 0.2) is 30.5 Å². The van der Waals surface area contributed by atoms with E-state index in [4.69, 9.17) is 18.9 Å². The van der Waals surface area contributed by atoms with Gasteiger partial charge in [-0.1, -0.05) is 0 Å². The Morgan fingerprint density at radius 2 is 1.82 bits per heavy atom. The van der Waals surface area contributed by atoms with E-state index in [0.717, 1.165) is 18.4 Å². The number of piperidine rings is 1. The predicted octanol–water partition coefficient (Wildman–Crippen LogP) is 4.95. The maximum Gasteiger partial charge on any atom is 0.410 e. The SMILES string of the molecule is COCCCN1C(=O)C(C)(C)Oc2ccc(N(C(=O)[C@@H]3C[C@H](C(=O)Nc4c(C)ccnc4OC)CN(C(=O)OC(C)(C)C)C3)C3CC3)cc21. The highest BCUT2D eigenvalue weighted by atomic mass is 16.6. The standard InChI is InChI=1S/C36H49N5O8/c1-22-14-15-37-31(47-8)29(22)38-30(42)23-18-24(21-39(20-23)34(45)49-35(2,3)4)32(43)41(25-10-11-25)26-12-13-28-27(19-26)40(16-9-17-46-7)33(44)36(5,6)48-28/h12-15,19,23-25H,9-11,16-18,20-21H2,1-8H3,(H,38,42)/t23-,24+/m0/s1. The van der Waals surface area contributed by atoms with Gasteiger partial charge < -0.3 is 39.0 Å². The van der Waals surface area contributed by atoms with Crippen LogP contribution in [0.1, 0.15) is 65.9 Å². The van der Waals surface area contributed by atoms with E-state index in [-0.39, 0.29) is 49.2 Å². The largest absolute Gasteiger partial charge is 0.480 e. The maximum atomic E-state index is 14.6. The van der Waals surface area contributed by atoms with E-state index in [0.29, 0.717) is 42.4 Å². The van der Waals surface area contributed by atoms with Crippen molar-refractivity contribution in [2.45, 2.75) is 84.5 Å². The lowest BCUT2D eigenvalue weighted by Gasteiger charge is -2.40. The molecule has 1 N–H and O–H groups in total. The molecular weight excluding hydrogens is 630 g/mol. The quantitative estimate of drug-likeness (QED) is 0.346. The van der Waals surface area contributed by atoms with Gasteiger partial charge in [0.05, 0.1) is 24.6 Å². The number of rotatable bonds is 10. The highest BCUT2D eigenvalue weighted by molar-refractivity contribution is 6.04. The first-order valence-electron chi connectivity index (χ1n) is 16.9. The highest BCUT2D eigenvalue weighted by Crippen LogP contribution is 2.43. The minimum atomic E-state index is -1.05. The minimum Gasteiger partial charge on any atom is -0.480 e. The summed E-state index contributed by atoms with van der Waals surface area (Å²) in [6.07, 6.45) is 3.49. The number of nitrogens with zero attached hydrogens (tertiary/aromatic N) is 4. The van der Waals surface area contributed by atoms with Crippen LogP contribution in [-0.2, 0) is 23.9 Å². The molecule has 2 aromatic rings. The molecule has 13 heteroatoms. The Bertz CT molecular complexity index is 1580. The first kappa shape index (κ1) is 35.9. The number of hydrogen-bond donors (Lipinski definition) is 1. The number of anilines is 3. The number of aromatic nitrogens is 1. The molecule has 2 aliphatic heterocycles.